The Hall–Kier alpha value is -3.48. The molecule has 0 unspecified atom stereocenters. The van der Waals surface area contributed by atoms with Crippen molar-refractivity contribution in [3.63, 3.8) is 0 Å². The van der Waals surface area contributed by atoms with Crippen molar-refractivity contribution in [3.05, 3.63) is 76.3 Å². The quantitative estimate of drug-likeness (QED) is 0.570. The zero-order chi connectivity index (χ0) is 16.2. The summed E-state index contributed by atoms with van der Waals surface area (Å²) in [4.78, 5) is 22.2. The van der Waals surface area contributed by atoms with Crippen LogP contribution in [0.25, 0.3) is 11.3 Å². The minimum atomic E-state index is -0.512. The van der Waals surface area contributed by atoms with Crippen LogP contribution in [0.4, 0.5) is 11.5 Å². The largest absolute Gasteiger partial charge is 0.305 e. The third kappa shape index (κ3) is 3.24. The summed E-state index contributed by atoms with van der Waals surface area (Å²) < 4.78 is 0. The lowest BCUT2D eigenvalue weighted by Crippen LogP contribution is -2.12. The molecule has 114 valence electrons. The van der Waals surface area contributed by atoms with Crippen LogP contribution in [0.15, 0.2) is 60.7 Å². The average Bonchev–Trinajstić information content (AvgIpc) is 3.04. The van der Waals surface area contributed by atoms with Gasteiger partial charge in [-0.05, 0) is 17.7 Å². The lowest BCUT2D eigenvalue weighted by molar-refractivity contribution is -0.384. The number of rotatable bonds is 4. The summed E-state index contributed by atoms with van der Waals surface area (Å²) in [5.41, 5.74) is 1.99. The number of H-pyrrole nitrogens is 1. The summed E-state index contributed by atoms with van der Waals surface area (Å²) in [6.07, 6.45) is 0. The van der Waals surface area contributed by atoms with Crippen molar-refractivity contribution < 1.29 is 9.72 Å². The molecule has 0 atom stereocenters. The number of aromatic nitrogens is 2. The Morgan fingerprint density at radius 2 is 1.78 bits per heavy atom. The Kier molecular flexibility index (Phi) is 3.84. The molecule has 0 bridgehead atoms. The van der Waals surface area contributed by atoms with E-state index in [2.05, 4.69) is 15.5 Å². The fraction of sp³-hybridized carbons (Fsp3) is 0. The van der Waals surface area contributed by atoms with Crippen molar-refractivity contribution in [1.82, 2.24) is 10.2 Å². The Morgan fingerprint density at radius 1 is 1.09 bits per heavy atom. The van der Waals surface area contributed by atoms with E-state index < -0.39 is 4.92 Å². The number of carbonyl (C=O) groups excluding carboxylic acids is 1. The van der Waals surface area contributed by atoms with Crippen LogP contribution in [0.2, 0.25) is 0 Å². The standard InChI is InChI=1S/C16H12N4O3/c21-16(12-6-8-13(9-7-12)20(22)23)17-15-10-14(18-19-15)11-4-2-1-3-5-11/h1-10H,(H2,17,18,19,21). The first-order valence-electron chi connectivity index (χ1n) is 6.80. The number of nitro benzene ring substituents is 1. The number of hydrogen-bond acceptors (Lipinski definition) is 4. The second-order valence-electron chi connectivity index (χ2n) is 4.79. The van der Waals surface area contributed by atoms with Gasteiger partial charge in [-0.2, -0.15) is 5.10 Å². The van der Waals surface area contributed by atoms with Crippen LogP contribution in [-0.4, -0.2) is 21.0 Å². The van der Waals surface area contributed by atoms with Crippen LogP contribution in [0, 0.1) is 10.1 Å². The summed E-state index contributed by atoms with van der Waals surface area (Å²) in [6, 6.07) is 16.7. The number of anilines is 1. The molecule has 23 heavy (non-hydrogen) atoms. The highest BCUT2D eigenvalue weighted by Crippen LogP contribution is 2.20. The molecule has 1 heterocycles. The molecule has 1 amide bonds. The Bertz CT molecular complexity index is 841. The van der Waals surface area contributed by atoms with Crippen LogP contribution in [0.1, 0.15) is 10.4 Å². The van der Waals surface area contributed by atoms with E-state index in [0.717, 1.165) is 11.3 Å². The van der Waals surface area contributed by atoms with E-state index in [-0.39, 0.29) is 11.6 Å². The number of nitro groups is 1. The average molecular weight is 308 g/mol. The van der Waals surface area contributed by atoms with Gasteiger partial charge < -0.3 is 5.32 Å². The van der Waals surface area contributed by atoms with E-state index in [9.17, 15) is 14.9 Å². The van der Waals surface area contributed by atoms with Gasteiger partial charge in [0.2, 0.25) is 0 Å². The van der Waals surface area contributed by atoms with Crippen LogP contribution < -0.4 is 5.32 Å². The molecule has 0 spiro atoms. The van der Waals surface area contributed by atoms with Gasteiger partial charge in [0, 0.05) is 23.8 Å². The number of carbonyl (C=O) groups is 1. The fourth-order valence-electron chi connectivity index (χ4n) is 2.07. The molecule has 7 heteroatoms. The minimum Gasteiger partial charge on any atom is -0.305 e. The third-order valence-electron chi connectivity index (χ3n) is 3.24. The monoisotopic (exact) mass is 308 g/mol. The first kappa shape index (κ1) is 14.5. The molecule has 0 fully saturated rings. The predicted molar refractivity (Wildman–Crippen MR) is 85.1 cm³/mol. The molecular weight excluding hydrogens is 296 g/mol. The van der Waals surface area contributed by atoms with Crippen molar-refractivity contribution in [2.75, 3.05) is 5.32 Å². The van der Waals surface area contributed by atoms with E-state index in [4.69, 9.17) is 0 Å². The number of non-ortho nitro benzene ring substituents is 1. The number of nitrogens with zero attached hydrogens (tertiary/aromatic N) is 2. The van der Waals surface area contributed by atoms with Gasteiger partial charge in [-0.15, -0.1) is 0 Å². The van der Waals surface area contributed by atoms with Crippen LogP contribution >= 0.6 is 0 Å². The van der Waals surface area contributed by atoms with Crippen molar-refractivity contribution in [2.45, 2.75) is 0 Å². The molecule has 0 aliphatic carbocycles. The molecule has 2 N–H and O–H groups in total. The number of benzene rings is 2. The molecule has 0 aliphatic rings. The maximum absolute atomic E-state index is 12.1. The number of aromatic amines is 1. The molecular formula is C16H12N4O3. The summed E-state index contributed by atoms with van der Waals surface area (Å²) in [5.74, 6) is -0.00165. The number of amides is 1. The molecule has 2 aromatic carbocycles. The smallest absolute Gasteiger partial charge is 0.269 e. The molecule has 0 saturated carbocycles. The maximum Gasteiger partial charge on any atom is 0.269 e. The Balaban J connectivity index is 1.73. The van der Waals surface area contributed by atoms with Crippen molar-refractivity contribution >= 4 is 17.4 Å². The van der Waals surface area contributed by atoms with E-state index in [0.29, 0.717) is 11.4 Å². The maximum atomic E-state index is 12.1. The van der Waals surface area contributed by atoms with Crippen LogP contribution in [0.3, 0.4) is 0 Å². The fourth-order valence-corrected chi connectivity index (χ4v) is 2.07. The predicted octanol–water partition coefficient (Wildman–Crippen LogP) is 3.24. The van der Waals surface area contributed by atoms with Gasteiger partial charge in [0.05, 0.1) is 10.6 Å². The highest BCUT2D eigenvalue weighted by molar-refractivity contribution is 6.04. The highest BCUT2D eigenvalue weighted by atomic mass is 16.6. The summed E-state index contributed by atoms with van der Waals surface area (Å²) >= 11 is 0. The zero-order valence-corrected chi connectivity index (χ0v) is 11.9. The molecule has 3 rings (SSSR count). The van der Waals surface area contributed by atoms with Crippen molar-refractivity contribution in [2.24, 2.45) is 0 Å². The van der Waals surface area contributed by atoms with Gasteiger partial charge in [-0.1, -0.05) is 30.3 Å². The lowest BCUT2D eigenvalue weighted by Gasteiger charge is -2.01. The van der Waals surface area contributed by atoms with Crippen LogP contribution in [-0.2, 0) is 0 Å². The molecule has 0 saturated heterocycles. The highest BCUT2D eigenvalue weighted by Gasteiger charge is 2.11. The first-order valence-corrected chi connectivity index (χ1v) is 6.80. The van der Waals surface area contributed by atoms with Gasteiger partial charge in [0.15, 0.2) is 5.82 Å². The topological polar surface area (TPSA) is 101 Å². The minimum absolute atomic E-state index is 0.0623. The van der Waals surface area contributed by atoms with E-state index in [1.165, 1.54) is 24.3 Å². The summed E-state index contributed by atoms with van der Waals surface area (Å²) in [6.45, 7) is 0. The van der Waals surface area contributed by atoms with Crippen molar-refractivity contribution in [1.29, 1.82) is 0 Å². The number of hydrogen-bond donors (Lipinski definition) is 2. The molecule has 7 nitrogen and oxygen atoms in total. The second kappa shape index (κ2) is 6.10. The lowest BCUT2D eigenvalue weighted by atomic mass is 10.1. The normalized spacial score (nSPS) is 10.3. The zero-order valence-electron chi connectivity index (χ0n) is 11.9. The van der Waals surface area contributed by atoms with Gasteiger partial charge >= 0.3 is 0 Å². The first-order chi connectivity index (χ1) is 11.1. The van der Waals surface area contributed by atoms with Gasteiger partial charge in [0.1, 0.15) is 0 Å². The Labute approximate surface area is 131 Å². The van der Waals surface area contributed by atoms with E-state index in [1.807, 2.05) is 30.3 Å². The van der Waals surface area contributed by atoms with Crippen LogP contribution in [0.5, 0.6) is 0 Å². The van der Waals surface area contributed by atoms with Gasteiger partial charge in [-0.25, -0.2) is 0 Å². The molecule has 1 aromatic heterocycles. The van der Waals surface area contributed by atoms with Gasteiger partial charge in [-0.3, -0.25) is 20.0 Å². The Morgan fingerprint density at radius 3 is 2.43 bits per heavy atom. The molecule has 3 aromatic rings. The summed E-state index contributed by atoms with van der Waals surface area (Å²) in [5, 5.41) is 20.1. The van der Waals surface area contributed by atoms with E-state index in [1.54, 1.807) is 6.07 Å². The molecule has 0 radical (unpaired) electrons. The number of nitrogens with one attached hydrogen (secondary N) is 2. The SMILES string of the molecule is O=C(Nc1cc(-c2ccccc2)[nH]n1)c1ccc([N+](=O)[O-])cc1. The van der Waals surface area contributed by atoms with Gasteiger partial charge in [0.25, 0.3) is 11.6 Å². The summed E-state index contributed by atoms with van der Waals surface area (Å²) in [7, 11) is 0. The second-order valence-corrected chi connectivity index (χ2v) is 4.79. The molecule has 0 aliphatic heterocycles. The van der Waals surface area contributed by atoms with Crippen molar-refractivity contribution in [3.8, 4) is 11.3 Å². The third-order valence-corrected chi connectivity index (χ3v) is 3.24. The van der Waals surface area contributed by atoms with E-state index >= 15 is 0 Å².